The van der Waals surface area contributed by atoms with Gasteiger partial charge in [-0.1, -0.05) is 0 Å². The van der Waals surface area contributed by atoms with Crippen LogP contribution in [0.4, 0.5) is 9.18 Å². The lowest BCUT2D eigenvalue weighted by Crippen LogP contribution is -2.33. The van der Waals surface area contributed by atoms with Crippen molar-refractivity contribution in [1.29, 1.82) is 0 Å². The van der Waals surface area contributed by atoms with Gasteiger partial charge in [0.25, 0.3) is 0 Å². The summed E-state index contributed by atoms with van der Waals surface area (Å²) in [6.45, 7) is 0.688. The van der Waals surface area contributed by atoms with E-state index >= 15 is 0 Å². The maximum atomic E-state index is 12.8. The molecule has 7 heteroatoms. The molecule has 2 atom stereocenters. The third kappa shape index (κ3) is 6.03. The van der Waals surface area contributed by atoms with E-state index in [2.05, 4.69) is 0 Å². The molecule has 6 nitrogen and oxygen atoms in total. The number of rotatable bonds is 8. The van der Waals surface area contributed by atoms with Gasteiger partial charge in [0.1, 0.15) is 18.2 Å². The van der Waals surface area contributed by atoms with Gasteiger partial charge in [0.15, 0.2) is 0 Å². The van der Waals surface area contributed by atoms with Crippen molar-refractivity contribution in [3.63, 3.8) is 0 Å². The summed E-state index contributed by atoms with van der Waals surface area (Å²) in [7, 11) is 0. The van der Waals surface area contributed by atoms with E-state index in [1.165, 1.54) is 12.1 Å². The molecule has 1 unspecified atom stereocenters. The number of carbonyl (C=O) groups is 1. The van der Waals surface area contributed by atoms with E-state index in [1.807, 2.05) is 0 Å². The molecule has 1 aromatic rings. The number of carbonyl (C=O) groups excluding carboxylic acids is 1. The number of nitrogens with zero attached hydrogens (tertiary/aromatic N) is 1. The summed E-state index contributed by atoms with van der Waals surface area (Å²) in [6, 6.07) is 5.09. The fourth-order valence-electron chi connectivity index (χ4n) is 2.58. The van der Waals surface area contributed by atoms with Gasteiger partial charge in [0, 0.05) is 0 Å². The summed E-state index contributed by atoms with van der Waals surface area (Å²) in [6.07, 6.45) is 4.52. The van der Waals surface area contributed by atoms with E-state index in [-0.39, 0.29) is 24.6 Å². The van der Waals surface area contributed by atoms with Crippen LogP contribution in [0, 0.1) is 5.82 Å². The lowest BCUT2D eigenvalue weighted by atomic mass is 10.1. The molecule has 128 valence electrons. The Balaban J connectivity index is 1.58. The molecule has 1 fully saturated rings. The smallest absolute Gasteiger partial charge is 0.338 e. The second-order valence-corrected chi connectivity index (χ2v) is 5.68. The van der Waals surface area contributed by atoms with Crippen LogP contribution in [-0.2, 0) is 4.74 Å². The topological polar surface area (TPSA) is 85.0 Å². The molecular formula is C16H23FN2O4. The zero-order valence-corrected chi connectivity index (χ0v) is 13.0. The van der Waals surface area contributed by atoms with Crippen LogP contribution < -0.4 is 10.5 Å². The Morgan fingerprint density at radius 3 is 2.70 bits per heavy atom. The SMILES string of the molecule is NC(=O)N(O)CCCC[C@@H]1CCC(COc2ccc(F)cc2)O1. The van der Waals surface area contributed by atoms with Crippen molar-refractivity contribution in [2.75, 3.05) is 13.2 Å². The molecule has 0 aliphatic carbocycles. The molecule has 0 spiro atoms. The van der Waals surface area contributed by atoms with Crippen molar-refractivity contribution in [3.05, 3.63) is 30.1 Å². The van der Waals surface area contributed by atoms with Gasteiger partial charge in [0.05, 0.1) is 18.8 Å². The largest absolute Gasteiger partial charge is 0.491 e. The number of hydroxylamine groups is 2. The van der Waals surface area contributed by atoms with Gasteiger partial charge in [-0.05, 0) is 56.4 Å². The minimum absolute atomic E-state index is 0.0463. The summed E-state index contributed by atoms with van der Waals surface area (Å²) in [5, 5.41) is 9.67. The standard InChI is InChI=1S/C16H23FN2O4/c17-12-4-6-13(7-5-12)22-11-15-9-8-14(23-15)3-1-2-10-19(21)16(18)20/h4-7,14-15,21H,1-3,8-11H2,(H2,18,20)/t14-,15?/m1/s1. The molecule has 0 bridgehead atoms. The number of primary amides is 1. The number of ether oxygens (including phenoxy) is 2. The van der Waals surface area contributed by atoms with Crippen molar-refractivity contribution in [2.24, 2.45) is 5.73 Å². The zero-order chi connectivity index (χ0) is 16.7. The number of unbranched alkanes of at least 4 members (excludes halogenated alkanes) is 1. The summed E-state index contributed by atoms with van der Waals surface area (Å²) in [4.78, 5) is 10.6. The van der Waals surface area contributed by atoms with Crippen molar-refractivity contribution in [3.8, 4) is 5.75 Å². The van der Waals surface area contributed by atoms with Gasteiger partial charge in [-0.2, -0.15) is 0 Å². The zero-order valence-electron chi connectivity index (χ0n) is 13.0. The van der Waals surface area contributed by atoms with Gasteiger partial charge < -0.3 is 15.2 Å². The molecule has 3 N–H and O–H groups in total. The molecule has 0 saturated carbocycles. The second-order valence-electron chi connectivity index (χ2n) is 5.68. The summed E-state index contributed by atoms with van der Waals surface area (Å²) in [5.41, 5.74) is 4.93. The first-order valence-corrected chi connectivity index (χ1v) is 7.84. The third-order valence-corrected chi connectivity index (χ3v) is 3.85. The fourth-order valence-corrected chi connectivity index (χ4v) is 2.58. The van der Waals surface area contributed by atoms with Crippen molar-refractivity contribution >= 4 is 6.03 Å². The molecule has 1 aliphatic rings. The minimum Gasteiger partial charge on any atom is -0.491 e. The normalized spacial score (nSPS) is 20.4. The molecule has 2 rings (SSSR count). The fraction of sp³-hybridized carbons (Fsp3) is 0.562. The molecule has 1 saturated heterocycles. The lowest BCUT2D eigenvalue weighted by Gasteiger charge is -2.15. The average Bonchev–Trinajstić information content (AvgIpc) is 2.98. The highest BCUT2D eigenvalue weighted by Gasteiger charge is 2.25. The Morgan fingerprint density at radius 1 is 1.30 bits per heavy atom. The highest BCUT2D eigenvalue weighted by atomic mass is 19.1. The van der Waals surface area contributed by atoms with Crippen LogP contribution in [-0.4, -0.2) is 41.7 Å². The van der Waals surface area contributed by atoms with Crippen LogP contribution in [0.2, 0.25) is 0 Å². The van der Waals surface area contributed by atoms with Gasteiger partial charge in [0.2, 0.25) is 0 Å². The molecule has 0 radical (unpaired) electrons. The Morgan fingerprint density at radius 2 is 2.00 bits per heavy atom. The number of hydrogen-bond donors (Lipinski definition) is 2. The van der Waals surface area contributed by atoms with Crippen LogP contribution in [0.3, 0.4) is 0 Å². The molecule has 23 heavy (non-hydrogen) atoms. The van der Waals surface area contributed by atoms with E-state index in [4.69, 9.17) is 20.4 Å². The molecular weight excluding hydrogens is 303 g/mol. The number of nitrogens with two attached hydrogens (primary N) is 1. The first-order valence-electron chi connectivity index (χ1n) is 7.84. The Kier molecular flexibility index (Phi) is 6.61. The summed E-state index contributed by atoms with van der Waals surface area (Å²) in [5.74, 6) is 0.347. The van der Waals surface area contributed by atoms with Gasteiger partial charge >= 0.3 is 6.03 Å². The van der Waals surface area contributed by atoms with Gasteiger partial charge in [-0.25, -0.2) is 14.2 Å². The van der Waals surface area contributed by atoms with E-state index in [0.717, 1.165) is 25.7 Å². The minimum atomic E-state index is -0.833. The van der Waals surface area contributed by atoms with Crippen molar-refractivity contribution in [2.45, 2.75) is 44.3 Å². The quantitative estimate of drug-likeness (QED) is 0.437. The summed E-state index contributed by atoms with van der Waals surface area (Å²) >= 11 is 0. The third-order valence-electron chi connectivity index (χ3n) is 3.85. The predicted molar refractivity (Wildman–Crippen MR) is 81.7 cm³/mol. The van der Waals surface area contributed by atoms with E-state index in [9.17, 15) is 9.18 Å². The molecule has 1 heterocycles. The predicted octanol–water partition coefficient (Wildman–Crippen LogP) is 2.69. The molecule has 1 aliphatic heterocycles. The highest BCUT2D eigenvalue weighted by molar-refractivity contribution is 5.70. The average molecular weight is 326 g/mol. The van der Waals surface area contributed by atoms with Crippen LogP contribution in [0.1, 0.15) is 32.1 Å². The van der Waals surface area contributed by atoms with Gasteiger partial charge in [-0.3, -0.25) is 5.21 Å². The van der Waals surface area contributed by atoms with Crippen molar-refractivity contribution < 1.29 is 23.9 Å². The lowest BCUT2D eigenvalue weighted by molar-refractivity contribution is -0.0414. The number of benzene rings is 1. The summed E-state index contributed by atoms with van der Waals surface area (Å²) < 4.78 is 24.3. The van der Waals surface area contributed by atoms with Crippen LogP contribution in [0.25, 0.3) is 0 Å². The number of amides is 2. The maximum Gasteiger partial charge on any atom is 0.338 e. The Hall–Kier alpha value is -1.86. The second kappa shape index (κ2) is 8.69. The molecule has 0 aromatic heterocycles. The van der Waals surface area contributed by atoms with Crippen LogP contribution >= 0.6 is 0 Å². The van der Waals surface area contributed by atoms with Crippen LogP contribution in [0.5, 0.6) is 5.75 Å². The monoisotopic (exact) mass is 326 g/mol. The van der Waals surface area contributed by atoms with E-state index in [1.54, 1.807) is 12.1 Å². The van der Waals surface area contributed by atoms with Crippen molar-refractivity contribution in [1.82, 2.24) is 5.06 Å². The first-order chi connectivity index (χ1) is 11.0. The van der Waals surface area contributed by atoms with E-state index < -0.39 is 6.03 Å². The number of hydrogen-bond acceptors (Lipinski definition) is 4. The Bertz CT molecular complexity index is 497. The highest BCUT2D eigenvalue weighted by Crippen LogP contribution is 2.24. The number of urea groups is 1. The van der Waals surface area contributed by atoms with E-state index in [0.29, 0.717) is 23.8 Å². The maximum absolute atomic E-state index is 12.8. The Labute approximate surface area is 134 Å². The molecule has 1 aromatic carbocycles. The number of halogens is 1. The molecule has 2 amide bonds. The first kappa shape index (κ1) is 17.5. The van der Waals surface area contributed by atoms with Crippen LogP contribution in [0.15, 0.2) is 24.3 Å². The van der Waals surface area contributed by atoms with Gasteiger partial charge in [-0.15, -0.1) is 0 Å².